The number of amides is 1. The van der Waals surface area contributed by atoms with Crippen molar-refractivity contribution >= 4 is 11.9 Å². The third-order valence-corrected chi connectivity index (χ3v) is 3.08. The van der Waals surface area contributed by atoms with E-state index in [9.17, 15) is 9.59 Å². The summed E-state index contributed by atoms with van der Waals surface area (Å²) in [5, 5.41) is 15.6. The number of carbonyl (C=O) groups excluding carboxylic acids is 1. The van der Waals surface area contributed by atoms with E-state index in [0.29, 0.717) is 0 Å². The van der Waals surface area contributed by atoms with Gasteiger partial charge in [0.15, 0.2) is 0 Å². The van der Waals surface area contributed by atoms with Crippen LogP contribution in [0.15, 0.2) is 18.5 Å². The number of hydrogen-bond acceptors (Lipinski definition) is 3. The van der Waals surface area contributed by atoms with Gasteiger partial charge in [-0.3, -0.25) is 14.3 Å². The highest BCUT2D eigenvalue weighted by atomic mass is 16.4. The molecule has 0 aliphatic rings. The molecular weight excluding hydrogens is 234 g/mol. The molecule has 1 amide bonds. The van der Waals surface area contributed by atoms with Gasteiger partial charge >= 0.3 is 5.97 Å². The monoisotopic (exact) mass is 253 g/mol. The molecule has 0 bridgehead atoms. The van der Waals surface area contributed by atoms with Crippen LogP contribution in [0.1, 0.15) is 27.2 Å². The second kappa shape index (κ2) is 5.66. The molecule has 1 unspecified atom stereocenters. The van der Waals surface area contributed by atoms with Crippen LogP contribution in [0.4, 0.5) is 0 Å². The van der Waals surface area contributed by atoms with Crippen molar-refractivity contribution in [3.63, 3.8) is 0 Å². The van der Waals surface area contributed by atoms with Crippen LogP contribution in [-0.2, 0) is 16.1 Å². The number of nitrogens with one attached hydrogen (secondary N) is 1. The molecule has 0 spiro atoms. The van der Waals surface area contributed by atoms with Crippen molar-refractivity contribution in [1.82, 2.24) is 15.1 Å². The Kier molecular flexibility index (Phi) is 4.47. The normalized spacial score (nSPS) is 14.2. The van der Waals surface area contributed by atoms with Crippen molar-refractivity contribution in [2.24, 2.45) is 5.92 Å². The summed E-state index contributed by atoms with van der Waals surface area (Å²) in [6, 6.07) is 1.73. The van der Waals surface area contributed by atoms with Crippen molar-refractivity contribution in [1.29, 1.82) is 0 Å². The van der Waals surface area contributed by atoms with Crippen LogP contribution in [-0.4, -0.2) is 32.3 Å². The average Bonchev–Trinajstić information content (AvgIpc) is 2.68. The maximum Gasteiger partial charge on any atom is 0.305 e. The minimum Gasteiger partial charge on any atom is -0.481 e. The number of rotatable bonds is 6. The lowest BCUT2D eigenvalue weighted by Crippen LogP contribution is -2.52. The van der Waals surface area contributed by atoms with Crippen LogP contribution in [0.25, 0.3) is 0 Å². The summed E-state index contributed by atoms with van der Waals surface area (Å²) in [6.07, 6.45) is 3.17. The Morgan fingerprint density at radius 2 is 2.17 bits per heavy atom. The largest absolute Gasteiger partial charge is 0.481 e. The molecule has 0 radical (unpaired) electrons. The molecule has 1 heterocycles. The van der Waals surface area contributed by atoms with Crippen LogP contribution in [0, 0.1) is 5.92 Å². The first-order valence-corrected chi connectivity index (χ1v) is 5.84. The number of carboxylic acids is 1. The van der Waals surface area contributed by atoms with Crippen molar-refractivity contribution in [2.75, 3.05) is 0 Å². The van der Waals surface area contributed by atoms with E-state index in [1.165, 1.54) is 4.68 Å². The van der Waals surface area contributed by atoms with Crippen LogP contribution in [0.3, 0.4) is 0 Å². The molecule has 18 heavy (non-hydrogen) atoms. The van der Waals surface area contributed by atoms with Crippen LogP contribution in [0.5, 0.6) is 0 Å². The van der Waals surface area contributed by atoms with Crippen molar-refractivity contribution < 1.29 is 14.7 Å². The standard InChI is InChI=1S/C12H19N3O3/c1-9(2)12(3,7-11(17)18)14-10(16)8-15-6-4-5-13-15/h4-6,9H,7-8H2,1-3H3,(H,14,16)(H,17,18). The molecule has 6 heteroatoms. The summed E-state index contributed by atoms with van der Waals surface area (Å²) in [6.45, 7) is 5.61. The highest BCUT2D eigenvalue weighted by Gasteiger charge is 2.32. The van der Waals surface area contributed by atoms with Crippen LogP contribution >= 0.6 is 0 Å². The van der Waals surface area contributed by atoms with Crippen LogP contribution < -0.4 is 5.32 Å². The number of nitrogens with zero attached hydrogens (tertiary/aromatic N) is 2. The predicted molar refractivity (Wildman–Crippen MR) is 65.9 cm³/mol. The van der Waals surface area contributed by atoms with Crippen molar-refractivity contribution in [3.8, 4) is 0 Å². The Labute approximate surface area is 106 Å². The molecule has 0 aromatic carbocycles. The molecule has 100 valence electrons. The third-order valence-electron chi connectivity index (χ3n) is 3.08. The molecule has 1 aromatic heterocycles. The summed E-state index contributed by atoms with van der Waals surface area (Å²) in [4.78, 5) is 22.7. The minimum atomic E-state index is -0.925. The Bertz CT molecular complexity index is 414. The van der Waals surface area contributed by atoms with Crippen LogP contribution in [0.2, 0.25) is 0 Å². The second-order valence-corrected chi connectivity index (χ2v) is 4.89. The van der Waals surface area contributed by atoms with Gasteiger partial charge in [-0.2, -0.15) is 5.10 Å². The van der Waals surface area contributed by atoms with Gasteiger partial charge in [0, 0.05) is 12.4 Å². The molecular formula is C12H19N3O3. The molecule has 6 nitrogen and oxygen atoms in total. The molecule has 1 aromatic rings. The zero-order chi connectivity index (χ0) is 13.8. The van der Waals surface area contributed by atoms with Crippen molar-refractivity contribution in [2.45, 2.75) is 39.3 Å². The molecule has 0 aliphatic heterocycles. The molecule has 0 saturated heterocycles. The number of aliphatic carboxylic acids is 1. The summed E-state index contributed by atoms with van der Waals surface area (Å²) in [5.74, 6) is -1.14. The van der Waals surface area contributed by atoms with E-state index in [2.05, 4.69) is 10.4 Å². The fraction of sp³-hybridized carbons (Fsp3) is 0.583. The Balaban J connectivity index is 2.66. The van der Waals surface area contributed by atoms with Gasteiger partial charge in [0.2, 0.25) is 5.91 Å². The molecule has 0 saturated carbocycles. The molecule has 1 atom stereocenters. The maximum absolute atomic E-state index is 11.8. The smallest absolute Gasteiger partial charge is 0.305 e. The predicted octanol–water partition coefficient (Wildman–Crippen LogP) is 0.889. The van der Waals surface area contributed by atoms with E-state index >= 15 is 0 Å². The molecule has 0 fully saturated rings. The lowest BCUT2D eigenvalue weighted by Gasteiger charge is -2.33. The van der Waals surface area contributed by atoms with E-state index in [0.717, 1.165) is 0 Å². The van der Waals surface area contributed by atoms with Gasteiger partial charge in [-0.05, 0) is 18.9 Å². The molecule has 0 aliphatic carbocycles. The van der Waals surface area contributed by atoms with E-state index in [4.69, 9.17) is 5.11 Å². The molecule has 1 rings (SSSR count). The molecule has 2 N–H and O–H groups in total. The van der Waals surface area contributed by atoms with E-state index in [1.54, 1.807) is 25.4 Å². The fourth-order valence-electron chi connectivity index (χ4n) is 1.61. The first-order valence-electron chi connectivity index (χ1n) is 5.84. The summed E-state index contributed by atoms with van der Waals surface area (Å²) < 4.78 is 1.50. The maximum atomic E-state index is 11.8. The first kappa shape index (κ1) is 14.2. The Morgan fingerprint density at radius 3 is 2.61 bits per heavy atom. The number of carboxylic acid groups (broad SMARTS) is 1. The Morgan fingerprint density at radius 1 is 1.50 bits per heavy atom. The fourth-order valence-corrected chi connectivity index (χ4v) is 1.61. The van der Waals surface area contributed by atoms with Gasteiger partial charge in [0.25, 0.3) is 0 Å². The van der Waals surface area contributed by atoms with Gasteiger partial charge in [-0.15, -0.1) is 0 Å². The summed E-state index contributed by atoms with van der Waals surface area (Å²) in [7, 11) is 0. The zero-order valence-electron chi connectivity index (χ0n) is 10.9. The highest BCUT2D eigenvalue weighted by Crippen LogP contribution is 2.20. The minimum absolute atomic E-state index is 0.0233. The van der Waals surface area contributed by atoms with E-state index in [1.807, 2.05) is 13.8 Å². The van der Waals surface area contributed by atoms with Gasteiger partial charge in [0.1, 0.15) is 6.54 Å². The average molecular weight is 253 g/mol. The second-order valence-electron chi connectivity index (χ2n) is 4.89. The Hall–Kier alpha value is -1.85. The number of aromatic nitrogens is 2. The lowest BCUT2D eigenvalue weighted by molar-refractivity contribution is -0.139. The van der Waals surface area contributed by atoms with Gasteiger partial charge < -0.3 is 10.4 Å². The van der Waals surface area contributed by atoms with E-state index < -0.39 is 11.5 Å². The number of hydrogen-bond donors (Lipinski definition) is 2. The van der Waals surface area contributed by atoms with Gasteiger partial charge in [0.05, 0.1) is 12.0 Å². The number of carbonyl (C=O) groups is 2. The van der Waals surface area contributed by atoms with Crippen molar-refractivity contribution in [3.05, 3.63) is 18.5 Å². The lowest BCUT2D eigenvalue weighted by atomic mass is 9.85. The SMILES string of the molecule is CC(C)C(C)(CC(=O)O)NC(=O)Cn1cccn1. The zero-order valence-corrected chi connectivity index (χ0v) is 10.9. The third kappa shape index (κ3) is 3.87. The quantitative estimate of drug-likeness (QED) is 0.788. The van der Waals surface area contributed by atoms with Gasteiger partial charge in [-0.1, -0.05) is 13.8 Å². The topological polar surface area (TPSA) is 84.2 Å². The van der Waals surface area contributed by atoms with Gasteiger partial charge in [-0.25, -0.2) is 0 Å². The summed E-state index contributed by atoms with van der Waals surface area (Å²) >= 11 is 0. The highest BCUT2D eigenvalue weighted by molar-refractivity contribution is 5.78. The summed E-state index contributed by atoms with van der Waals surface area (Å²) in [5.41, 5.74) is -0.754. The first-order chi connectivity index (χ1) is 8.33. The van der Waals surface area contributed by atoms with E-state index in [-0.39, 0.29) is 24.8 Å².